The second-order valence-corrected chi connectivity index (χ2v) is 8.69. The number of aromatic amines is 2. The molecule has 2 aromatic heterocycles. The van der Waals surface area contributed by atoms with Gasteiger partial charge in [-0.1, -0.05) is 12.1 Å². The van der Waals surface area contributed by atoms with Gasteiger partial charge in [-0.05, 0) is 85.0 Å². The molecule has 35 heavy (non-hydrogen) atoms. The Morgan fingerprint density at radius 3 is 2.34 bits per heavy atom. The number of hydrogen-bond donors (Lipinski definition) is 3. The first-order valence-electron chi connectivity index (χ1n) is 11.4. The van der Waals surface area contributed by atoms with Crippen LogP contribution in [0.2, 0.25) is 0 Å². The van der Waals surface area contributed by atoms with Gasteiger partial charge in [0, 0.05) is 17.5 Å². The molecule has 0 aliphatic carbocycles. The van der Waals surface area contributed by atoms with E-state index in [2.05, 4.69) is 15.0 Å². The Bertz CT molecular complexity index is 1510. The molecule has 2 heterocycles. The standard InChI is InChI=1S/C28H26N4O3/c1-16-12-18(4-11-25(33)34)13-17(2)26(16)28-30-22-10-7-20(14-23(22)31-28)27-29-15-24(32-27)19-5-8-21(35-3)9-6-19/h5-10,12-15H,4,11H2,1-3H3,(H,29,32)(H,30,31)(H,33,34). The number of hydrogen-bond acceptors (Lipinski definition) is 4. The van der Waals surface area contributed by atoms with E-state index in [0.29, 0.717) is 6.42 Å². The summed E-state index contributed by atoms with van der Waals surface area (Å²) < 4.78 is 5.24. The molecule has 5 aromatic rings. The number of aryl methyl sites for hydroxylation is 3. The average molecular weight is 467 g/mol. The van der Waals surface area contributed by atoms with Crippen LogP contribution in [-0.4, -0.2) is 38.1 Å². The maximum atomic E-state index is 10.9. The van der Waals surface area contributed by atoms with E-state index in [-0.39, 0.29) is 6.42 Å². The lowest BCUT2D eigenvalue weighted by atomic mass is 9.97. The minimum absolute atomic E-state index is 0.124. The highest BCUT2D eigenvalue weighted by Crippen LogP contribution is 2.31. The van der Waals surface area contributed by atoms with E-state index >= 15 is 0 Å². The smallest absolute Gasteiger partial charge is 0.303 e. The maximum absolute atomic E-state index is 10.9. The van der Waals surface area contributed by atoms with Crippen LogP contribution in [0.3, 0.4) is 0 Å². The van der Waals surface area contributed by atoms with Crippen molar-refractivity contribution in [3.63, 3.8) is 0 Å². The van der Waals surface area contributed by atoms with Gasteiger partial charge in [0.05, 0.1) is 30.0 Å². The summed E-state index contributed by atoms with van der Waals surface area (Å²) in [6.07, 6.45) is 2.47. The first-order valence-corrected chi connectivity index (χ1v) is 11.4. The van der Waals surface area contributed by atoms with Crippen LogP contribution >= 0.6 is 0 Å². The van der Waals surface area contributed by atoms with E-state index in [4.69, 9.17) is 14.8 Å². The number of imidazole rings is 2. The Balaban J connectivity index is 1.44. The number of carboxylic acid groups (broad SMARTS) is 1. The number of benzene rings is 3. The minimum Gasteiger partial charge on any atom is -0.497 e. The summed E-state index contributed by atoms with van der Waals surface area (Å²) in [5.41, 5.74) is 8.93. The number of nitrogens with one attached hydrogen (secondary N) is 2. The lowest BCUT2D eigenvalue weighted by molar-refractivity contribution is -0.136. The number of aromatic nitrogens is 4. The zero-order chi connectivity index (χ0) is 24.5. The molecule has 0 saturated carbocycles. The van der Waals surface area contributed by atoms with E-state index in [1.165, 1.54) is 0 Å². The number of methoxy groups -OCH3 is 1. The second-order valence-electron chi connectivity index (χ2n) is 8.69. The predicted octanol–water partition coefficient (Wildman–Crippen LogP) is 5.93. The quantitative estimate of drug-likeness (QED) is 0.276. The summed E-state index contributed by atoms with van der Waals surface area (Å²) in [6.45, 7) is 4.07. The lowest BCUT2D eigenvalue weighted by Gasteiger charge is -2.10. The van der Waals surface area contributed by atoms with Gasteiger partial charge in [0.2, 0.25) is 0 Å². The number of rotatable bonds is 7. The molecule has 7 nitrogen and oxygen atoms in total. The van der Waals surface area contributed by atoms with E-state index in [0.717, 1.165) is 67.5 Å². The van der Waals surface area contributed by atoms with Crippen LogP contribution in [0.4, 0.5) is 0 Å². The Kier molecular flexibility index (Phi) is 5.82. The molecule has 0 saturated heterocycles. The molecule has 5 rings (SSSR count). The molecule has 0 bridgehead atoms. The van der Waals surface area contributed by atoms with Crippen molar-refractivity contribution in [2.75, 3.05) is 7.11 Å². The zero-order valence-electron chi connectivity index (χ0n) is 19.8. The average Bonchev–Trinajstić information content (AvgIpc) is 3.49. The first-order chi connectivity index (χ1) is 16.9. The van der Waals surface area contributed by atoms with Gasteiger partial charge in [-0.3, -0.25) is 4.79 Å². The number of aliphatic carboxylic acids is 1. The fourth-order valence-electron chi connectivity index (χ4n) is 4.48. The van der Waals surface area contributed by atoms with Crippen molar-refractivity contribution in [3.8, 4) is 39.8 Å². The van der Waals surface area contributed by atoms with Crippen LogP contribution in [0.1, 0.15) is 23.1 Å². The molecule has 0 unspecified atom stereocenters. The number of fused-ring (bicyclic) bond motifs is 1. The molecule has 0 radical (unpaired) electrons. The van der Waals surface area contributed by atoms with Gasteiger partial charge in [0.25, 0.3) is 0 Å². The monoisotopic (exact) mass is 466 g/mol. The van der Waals surface area contributed by atoms with E-state index in [1.807, 2.05) is 74.6 Å². The van der Waals surface area contributed by atoms with Crippen LogP contribution in [0.25, 0.3) is 45.1 Å². The van der Waals surface area contributed by atoms with Crippen molar-refractivity contribution in [1.82, 2.24) is 19.9 Å². The van der Waals surface area contributed by atoms with Gasteiger partial charge in [0.1, 0.15) is 17.4 Å². The van der Waals surface area contributed by atoms with Gasteiger partial charge < -0.3 is 19.8 Å². The molecule has 0 atom stereocenters. The molecule has 0 aliphatic rings. The van der Waals surface area contributed by atoms with E-state index < -0.39 is 5.97 Å². The molecule has 0 aliphatic heterocycles. The third-order valence-electron chi connectivity index (χ3n) is 6.19. The highest BCUT2D eigenvalue weighted by Gasteiger charge is 2.14. The van der Waals surface area contributed by atoms with Crippen molar-refractivity contribution in [3.05, 3.63) is 77.5 Å². The minimum atomic E-state index is -0.787. The number of H-pyrrole nitrogens is 2. The van der Waals surface area contributed by atoms with Gasteiger partial charge in [-0.15, -0.1) is 0 Å². The van der Waals surface area contributed by atoms with E-state index in [9.17, 15) is 4.79 Å². The van der Waals surface area contributed by atoms with Gasteiger partial charge in [-0.2, -0.15) is 0 Å². The van der Waals surface area contributed by atoms with Crippen LogP contribution in [-0.2, 0) is 11.2 Å². The Morgan fingerprint density at radius 2 is 1.66 bits per heavy atom. The molecule has 176 valence electrons. The summed E-state index contributed by atoms with van der Waals surface area (Å²) in [5.74, 6) is 1.61. The molecule has 0 fully saturated rings. The molecule has 3 aromatic carbocycles. The van der Waals surface area contributed by atoms with Crippen LogP contribution < -0.4 is 4.74 Å². The molecule has 0 amide bonds. The van der Waals surface area contributed by atoms with E-state index in [1.54, 1.807) is 7.11 Å². The Morgan fingerprint density at radius 1 is 0.943 bits per heavy atom. The van der Waals surface area contributed by atoms with Gasteiger partial charge in [0.15, 0.2) is 0 Å². The summed E-state index contributed by atoms with van der Waals surface area (Å²) in [5, 5.41) is 8.98. The number of nitrogens with zero attached hydrogens (tertiary/aromatic N) is 2. The summed E-state index contributed by atoms with van der Waals surface area (Å²) in [4.78, 5) is 27.2. The van der Waals surface area contributed by atoms with Gasteiger partial charge >= 0.3 is 5.97 Å². The van der Waals surface area contributed by atoms with Crippen molar-refractivity contribution in [2.45, 2.75) is 26.7 Å². The van der Waals surface area contributed by atoms with Crippen LogP contribution in [0.5, 0.6) is 5.75 Å². The number of carbonyl (C=O) groups is 1. The number of carboxylic acids is 1. The fraction of sp³-hybridized carbons (Fsp3) is 0.179. The Labute approximate surface area is 202 Å². The molecule has 0 spiro atoms. The van der Waals surface area contributed by atoms with Crippen molar-refractivity contribution in [2.24, 2.45) is 0 Å². The molecule has 3 N–H and O–H groups in total. The first kappa shape index (κ1) is 22.4. The fourth-order valence-corrected chi connectivity index (χ4v) is 4.48. The second kappa shape index (κ2) is 9.10. The van der Waals surface area contributed by atoms with Crippen molar-refractivity contribution >= 4 is 17.0 Å². The zero-order valence-corrected chi connectivity index (χ0v) is 19.8. The number of ether oxygens (including phenoxy) is 1. The summed E-state index contributed by atoms with van der Waals surface area (Å²) >= 11 is 0. The Hall–Kier alpha value is -4.39. The van der Waals surface area contributed by atoms with Crippen molar-refractivity contribution in [1.29, 1.82) is 0 Å². The summed E-state index contributed by atoms with van der Waals surface area (Å²) in [6, 6.07) is 18.0. The van der Waals surface area contributed by atoms with Crippen LogP contribution in [0, 0.1) is 13.8 Å². The normalized spacial score (nSPS) is 11.2. The third kappa shape index (κ3) is 4.53. The molecule has 7 heteroatoms. The predicted molar refractivity (Wildman–Crippen MR) is 137 cm³/mol. The topological polar surface area (TPSA) is 104 Å². The largest absolute Gasteiger partial charge is 0.497 e. The maximum Gasteiger partial charge on any atom is 0.303 e. The SMILES string of the molecule is COc1ccc(-c2cnc(-c3ccc4nc(-c5c(C)cc(CCC(=O)O)cc5C)[nH]c4c3)[nH]2)cc1. The highest BCUT2D eigenvalue weighted by molar-refractivity contribution is 5.84. The highest BCUT2D eigenvalue weighted by atomic mass is 16.5. The van der Waals surface area contributed by atoms with Gasteiger partial charge in [-0.25, -0.2) is 9.97 Å². The summed E-state index contributed by atoms with van der Waals surface area (Å²) in [7, 11) is 1.65. The molecular formula is C28H26N4O3. The van der Waals surface area contributed by atoms with Crippen molar-refractivity contribution < 1.29 is 14.6 Å². The molecular weight excluding hydrogens is 440 g/mol. The third-order valence-corrected chi connectivity index (χ3v) is 6.19. The van der Waals surface area contributed by atoms with Crippen LogP contribution in [0.15, 0.2) is 60.8 Å². The lowest BCUT2D eigenvalue weighted by Crippen LogP contribution is -1.99.